The number of aliphatic hydroxyl groups is 1. The molecule has 1 aromatic rings. The first kappa shape index (κ1) is 12.3. The van der Waals surface area contributed by atoms with Gasteiger partial charge in [0.1, 0.15) is 12.1 Å². The summed E-state index contributed by atoms with van der Waals surface area (Å²) in [5.74, 6) is 0.883. The molecule has 1 atom stereocenters. The smallest absolute Gasteiger partial charge is 0.137 e. The van der Waals surface area contributed by atoms with Crippen LogP contribution in [0.15, 0.2) is 12.5 Å². The topological polar surface area (TPSA) is 52.5 Å². The number of anilines is 1. The van der Waals surface area contributed by atoms with E-state index in [2.05, 4.69) is 33.7 Å². The van der Waals surface area contributed by atoms with E-state index in [0.717, 1.165) is 37.4 Å². The third-order valence-corrected chi connectivity index (χ3v) is 3.48. The molecular formula is C12H20N4O. The molecule has 2 heterocycles. The van der Waals surface area contributed by atoms with Crippen LogP contribution in [0.25, 0.3) is 0 Å². The Morgan fingerprint density at radius 2 is 2.29 bits per heavy atom. The van der Waals surface area contributed by atoms with Gasteiger partial charge in [-0.3, -0.25) is 4.90 Å². The Kier molecular flexibility index (Phi) is 3.91. The zero-order chi connectivity index (χ0) is 12.3. The number of nitrogens with zero attached hydrogens (tertiary/aromatic N) is 4. The Balaban J connectivity index is 2.17. The van der Waals surface area contributed by atoms with Crippen molar-refractivity contribution in [1.82, 2.24) is 14.9 Å². The van der Waals surface area contributed by atoms with Crippen LogP contribution in [0.3, 0.4) is 0 Å². The fourth-order valence-corrected chi connectivity index (χ4v) is 2.33. The summed E-state index contributed by atoms with van der Waals surface area (Å²) < 4.78 is 0. The average molecular weight is 236 g/mol. The van der Waals surface area contributed by atoms with Crippen LogP contribution in [0.4, 0.5) is 5.82 Å². The van der Waals surface area contributed by atoms with Crippen molar-refractivity contribution in [2.24, 2.45) is 0 Å². The molecule has 1 N–H and O–H groups in total. The summed E-state index contributed by atoms with van der Waals surface area (Å²) in [6.45, 7) is 5.16. The summed E-state index contributed by atoms with van der Waals surface area (Å²) >= 11 is 0. The van der Waals surface area contributed by atoms with Crippen molar-refractivity contribution in [3.05, 3.63) is 18.1 Å². The molecule has 1 aromatic heterocycles. The number of aromatic nitrogens is 2. The van der Waals surface area contributed by atoms with E-state index in [1.54, 1.807) is 12.5 Å². The van der Waals surface area contributed by atoms with Gasteiger partial charge in [-0.1, -0.05) is 6.92 Å². The van der Waals surface area contributed by atoms with Crippen molar-refractivity contribution in [2.75, 3.05) is 31.6 Å². The highest BCUT2D eigenvalue weighted by molar-refractivity contribution is 5.45. The molecule has 0 spiro atoms. The lowest BCUT2D eigenvalue weighted by molar-refractivity contribution is 0.212. The van der Waals surface area contributed by atoms with Gasteiger partial charge in [-0.25, -0.2) is 9.97 Å². The van der Waals surface area contributed by atoms with Gasteiger partial charge in [-0.15, -0.1) is 0 Å². The van der Waals surface area contributed by atoms with Crippen LogP contribution in [-0.4, -0.2) is 52.7 Å². The van der Waals surface area contributed by atoms with Gasteiger partial charge < -0.3 is 10.0 Å². The van der Waals surface area contributed by atoms with Crippen molar-refractivity contribution in [1.29, 1.82) is 0 Å². The molecule has 1 aliphatic heterocycles. The molecular weight excluding hydrogens is 216 g/mol. The molecule has 94 valence electrons. The third-order valence-electron chi connectivity index (χ3n) is 3.48. The minimum absolute atomic E-state index is 0.000690. The summed E-state index contributed by atoms with van der Waals surface area (Å²) in [6.07, 6.45) is 4.38. The highest BCUT2D eigenvalue weighted by Gasteiger charge is 2.24. The van der Waals surface area contributed by atoms with Gasteiger partial charge in [-0.05, 0) is 13.5 Å². The van der Waals surface area contributed by atoms with Gasteiger partial charge in [0.15, 0.2) is 0 Å². The van der Waals surface area contributed by atoms with E-state index >= 15 is 0 Å². The predicted octanol–water partition coefficient (Wildman–Crippen LogP) is 0.499. The van der Waals surface area contributed by atoms with E-state index in [1.807, 2.05) is 0 Å². The molecule has 0 saturated carbocycles. The van der Waals surface area contributed by atoms with Gasteiger partial charge in [0.25, 0.3) is 0 Å². The van der Waals surface area contributed by atoms with Crippen molar-refractivity contribution in [3.8, 4) is 0 Å². The zero-order valence-corrected chi connectivity index (χ0v) is 10.5. The summed E-state index contributed by atoms with van der Waals surface area (Å²) in [6, 6.07) is 0.560. The molecule has 0 bridgehead atoms. The SMILES string of the molecule is CCC1CN(c2ncncc2CO)CCN1C. The van der Waals surface area contributed by atoms with Crippen LogP contribution >= 0.6 is 0 Å². The lowest BCUT2D eigenvalue weighted by Crippen LogP contribution is -2.51. The summed E-state index contributed by atoms with van der Waals surface area (Å²) in [5, 5.41) is 9.31. The van der Waals surface area contributed by atoms with Crippen LogP contribution < -0.4 is 4.90 Å². The largest absolute Gasteiger partial charge is 0.391 e. The van der Waals surface area contributed by atoms with Crippen LogP contribution in [-0.2, 0) is 6.61 Å². The Labute approximate surface area is 102 Å². The fraction of sp³-hybridized carbons (Fsp3) is 0.667. The molecule has 1 fully saturated rings. The second-order valence-corrected chi connectivity index (χ2v) is 4.52. The van der Waals surface area contributed by atoms with E-state index in [9.17, 15) is 5.11 Å². The average Bonchev–Trinajstić information content (AvgIpc) is 2.39. The number of hydrogen-bond acceptors (Lipinski definition) is 5. The van der Waals surface area contributed by atoms with Gasteiger partial charge in [0.2, 0.25) is 0 Å². The molecule has 5 nitrogen and oxygen atoms in total. The summed E-state index contributed by atoms with van der Waals surface area (Å²) in [7, 11) is 2.17. The van der Waals surface area contributed by atoms with Gasteiger partial charge in [-0.2, -0.15) is 0 Å². The maximum Gasteiger partial charge on any atom is 0.137 e. The number of hydrogen-bond donors (Lipinski definition) is 1. The van der Waals surface area contributed by atoms with Gasteiger partial charge in [0, 0.05) is 37.4 Å². The standard InChI is InChI=1S/C12H20N4O/c1-3-11-7-16(5-4-15(11)2)12-10(8-17)6-13-9-14-12/h6,9,11,17H,3-5,7-8H2,1-2H3. The number of aliphatic hydroxyl groups excluding tert-OH is 1. The minimum Gasteiger partial charge on any atom is -0.391 e. The lowest BCUT2D eigenvalue weighted by Gasteiger charge is -2.40. The van der Waals surface area contributed by atoms with E-state index in [4.69, 9.17) is 0 Å². The molecule has 0 aliphatic carbocycles. The van der Waals surface area contributed by atoms with Crippen LogP contribution in [0.1, 0.15) is 18.9 Å². The molecule has 17 heavy (non-hydrogen) atoms. The predicted molar refractivity (Wildman–Crippen MR) is 66.9 cm³/mol. The molecule has 0 amide bonds. The third kappa shape index (κ3) is 2.56. The maximum absolute atomic E-state index is 9.31. The Morgan fingerprint density at radius 1 is 1.47 bits per heavy atom. The Hall–Kier alpha value is -1.20. The second-order valence-electron chi connectivity index (χ2n) is 4.52. The summed E-state index contributed by atoms with van der Waals surface area (Å²) in [5.41, 5.74) is 0.812. The molecule has 1 saturated heterocycles. The second kappa shape index (κ2) is 5.42. The fourth-order valence-electron chi connectivity index (χ4n) is 2.33. The van der Waals surface area contributed by atoms with Crippen LogP contribution in [0, 0.1) is 0 Å². The van der Waals surface area contributed by atoms with Gasteiger partial charge in [0.05, 0.1) is 6.61 Å². The first-order chi connectivity index (χ1) is 8.26. The molecule has 2 rings (SSSR count). The van der Waals surface area contributed by atoms with Crippen LogP contribution in [0.2, 0.25) is 0 Å². The number of likely N-dealkylation sites (N-methyl/N-ethyl adjacent to an activating group) is 1. The lowest BCUT2D eigenvalue weighted by atomic mass is 10.1. The van der Waals surface area contributed by atoms with E-state index in [0.29, 0.717) is 6.04 Å². The van der Waals surface area contributed by atoms with Crippen molar-refractivity contribution in [3.63, 3.8) is 0 Å². The number of piperazine rings is 1. The molecule has 0 aromatic carbocycles. The Morgan fingerprint density at radius 3 is 3.00 bits per heavy atom. The summed E-state index contributed by atoms with van der Waals surface area (Å²) in [4.78, 5) is 12.9. The van der Waals surface area contributed by atoms with Crippen molar-refractivity contribution < 1.29 is 5.11 Å². The molecule has 1 unspecified atom stereocenters. The van der Waals surface area contributed by atoms with Crippen molar-refractivity contribution in [2.45, 2.75) is 26.0 Å². The minimum atomic E-state index is -0.000690. The normalized spacial score (nSPS) is 21.8. The monoisotopic (exact) mass is 236 g/mol. The molecule has 1 aliphatic rings. The highest BCUT2D eigenvalue weighted by atomic mass is 16.3. The van der Waals surface area contributed by atoms with E-state index in [1.165, 1.54) is 0 Å². The van der Waals surface area contributed by atoms with Gasteiger partial charge >= 0.3 is 0 Å². The Bertz CT molecular complexity index is 371. The van der Waals surface area contributed by atoms with E-state index in [-0.39, 0.29) is 6.61 Å². The maximum atomic E-state index is 9.31. The number of rotatable bonds is 3. The van der Waals surface area contributed by atoms with Crippen LogP contribution in [0.5, 0.6) is 0 Å². The first-order valence-electron chi connectivity index (χ1n) is 6.11. The highest BCUT2D eigenvalue weighted by Crippen LogP contribution is 2.20. The molecule has 0 radical (unpaired) electrons. The van der Waals surface area contributed by atoms with E-state index < -0.39 is 0 Å². The quantitative estimate of drug-likeness (QED) is 0.828. The molecule has 5 heteroatoms. The van der Waals surface area contributed by atoms with Crippen molar-refractivity contribution >= 4 is 5.82 Å². The first-order valence-corrected chi connectivity index (χ1v) is 6.11. The zero-order valence-electron chi connectivity index (χ0n) is 10.5.